The number of rotatable bonds is 4. The third-order valence-electron chi connectivity index (χ3n) is 4.78. The van der Waals surface area contributed by atoms with E-state index in [0.717, 1.165) is 35.9 Å². The van der Waals surface area contributed by atoms with Crippen LogP contribution in [-0.2, 0) is 14.3 Å². The second kappa shape index (κ2) is 7.64. The van der Waals surface area contributed by atoms with E-state index in [0.29, 0.717) is 13.0 Å². The molecule has 1 fully saturated rings. The molecule has 1 aliphatic rings. The average Bonchev–Trinajstić information content (AvgIpc) is 2.66. The Morgan fingerprint density at radius 1 is 1.36 bits per heavy atom. The zero-order chi connectivity index (χ0) is 17.8. The number of ether oxygens (including phenoxy) is 1. The highest BCUT2D eigenvalue weighted by Gasteiger charge is 2.30. The monoisotopic (exact) mass is 340 g/mol. The van der Waals surface area contributed by atoms with Crippen LogP contribution in [0.3, 0.4) is 0 Å². The smallest absolute Gasteiger partial charge is 0.311 e. The lowest BCUT2D eigenvalue weighted by atomic mass is 9.98. The van der Waals surface area contributed by atoms with Gasteiger partial charge < -0.3 is 9.64 Å². The number of likely N-dealkylation sites (tertiary alicyclic amines) is 1. The molecule has 1 aliphatic heterocycles. The number of nitrogens with zero attached hydrogens (tertiary/aromatic N) is 2. The lowest BCUT2D eigenvalue weighted by Gasteiger charge is -2.32. The van der Waals surface area contributed by atoms with Gasteiger partial charge in [-0.3, -0.25) is 14.6 Å². The Bertz CT molecular complexity index is 774. The molecule has 0 spiro atoms. The van der Waals surface area contributed by atoms with Crippen LogP contribution in [0.2, 0.25) is 0 Å². The van der Waals surface area contributed by atoms with E-state index < -0.39 is 0 Å². The van der Waals surface area contributed by atoms with Crippen molar-refractivity contribution in [1.29, 1.82) is 0 Å². The fourth-order valence-corrected chi connectivity index (χ4v) is 3.27. The third kappa shape index (κ3) is 3.98. The van der Waals surface area contributed by atoms with Gasteiger partial charge in [-0.1, -0.05) is 25.1 Å². The molecule has 5 nitrogen and oxygen atoms in total. The van der Waals surface area contributed by atoms with Crippen LogP contribution in [-0.4, -0.2) is 34.8 Å². The Hall–Kier alpha value is -2.43. The Morgan fingerprint density at radius 2 is 2.16 bits per heavy atom. The molecule has 0 N–H and O–H groups in total. The summed E-state index contributed by atoms with van der Waals surface area (Å²) in [6, 6.07) is 9.87. The van der Waals surface area contributed by atoms with E-state index in [1.54, 1.807) is 11.1 Å². The van der Waals surface area contributed by atoms with Crippen LogP contribution in [0.15, 0.2) is 36.5 Å². The number of aromatic nitrogens is 1. The van der Waals surface area contributed by atoms with Crippen molar-refractivity contribution >= 4 is 22.8 Å². The molecule has 132 valence electrons. The number of hydrogen-bond acceptors (Lipinski definition) is 4. The average molecular weight is 340 g/mol. The molecule has 0 radical (unpaired) electrons. The van der Waals surface area contributed by atoms with E-state index in [1.807, 2.05) is 44.2 Å². The minimum absolute atomic E-state index is 0.101. The van der Waals surface area contributed by atoms with E-state index in [-0.39, 0.29) is 23.9 Å². The second-order valence-electron chi connectivity index (χ2n) is 6.57. The molecule has 1 saturated heterocycles. The number of piperidine rings is 1. The summed E-state index contributed by atoms with van der Waals surface area (Å²) in [5.41, 5.74) is 1.80. The molecule has 0 aliphatic carbocycles. The van der Waals surface area contributed by atoms with Gasteiger partial charge in [0.1, 0.15) is 6.10 Å². The molecule has 1 aromatic heterocycles. The highest BCUT2D eigenvalue weighted by Crippen LogP contribution is 2.24. The van der Waals surface area contributed by atoms with Gasteiger partial charge in [0.25, 0.3) is 0 Å². The zero-order valence-electron chi connectivity index (χ0n) is 14.8. The van der Waals surface area contributed by atoms with Gasteiger partial charge in [-0.2, -0.15) is 0 Å². The Morgan fingerprint density at radius 3 is 2.96 bits per heavy atom. The maximum atomic E-state index is 12.5. The number of fused-ring (bicyclic) bond motifs is 1. The van der Waals surface area contributed by atoms with E-state index in [1.165, 1.54) is 0 Å². The van der Waals surface area contributed by atoms with Crippen LogP contribution in [0.5, 0.6) is 0 Å². The standard InChI is InChI=1S/C20H24N2O3/c1-3-19(23)22-10-6-8-16(13-22)20(24)25-14(2)17-11-15-7-4-5-9-18(15)21-12-17/h4-5,7,9,11-12,14,16H,3,6,8,10,13H2,1-2H3/t14-,16-/m1/s1. The lowest BCUT2D eigenvalue weighted by Crippen LogP contribution is -2.42. The van der Waals surface area contributed by atoms with Crippen molar-refractivity contribution in [3.05, 3.63) is 42.1 Å². The molecule has 1 amide bonds. The summed E-state index contributed by atoms with van der Waals surface area (Å²) in [7, 11) is 0. The van der Waals surface area contributed by atoms with Gasteiger partial charge in [0.15, 0.2) is 0 Å². The molecule has 5 heteroatoms. The highest BCUT2D eigenvalue weighted by atomic mass is 16.5. The number of hydrogen-bond donors (Lipinski definition) is 0. The molecule has 0 bridgehead atoms. The molecule has 2 heterocycles. The number of esters is 1. The van der Waals surface area contributed by atoms with Crippen molar-refractivity contribution < 1.29 is 14.3 Å². The number of carbonyl (C=O) groups is 2. The molecule has 2 atom stereocenters. The number of amides is 1. The number of pyridine rings is 1. The molecule has 2 aromatic rings. The first kappa shape index (κ1) is 17.4. The number of benzene rings is 1. The lowest BCUT2D eigenvalue weighted by molar-refractivity contribution is -0.156. The van der Waals surface area contributed by atoms with Gasteiger partial charge in [-0.15, -0.1) is 0 Å². The van der Waals surface area contributed by atoms with Gasteiger partial charge in [-0.05, 0) is 31.9 Å². The quantitative estimate of drug-likeness (QED) is 0.800. The molecular weight excluding hydrogens is 316 g/mol. The van der Waals surface area contributed by atoms with E-state index in [9.17, 15) is 9.59 Å². The second-order valence-corrected chi connectivity index (χ2v) is 6.57. The topological polar surface area (TPSA) is 59.5 Å². The van der Waals surface area contributed by atoms with Crippen LogP contribution >= 0.6 is 0 Å². The van der Waals surface area contributed by atoms with Gasteiger partial charge >= 0.3 is 5.97 Å². The maximum Gasteiger partial charge on any atom is 0.311 e. The molecular formula is C20H24N2O3. The van der Waals surface area contributed by atoms with Crippen LogP contribution in [0.1, 0.15) is 44.8 Å². The predicted octanol–water partition coefficient (Wildman–Crippen LogP) is 3.49. The van der Waals surface area contributed by atoms with Crippen molar-refractivity contribution in [2.24, 2.45) is 5.92 Å². The van der Waals surface area contributed by atoms with Crippen LogP contribution < -0.4 is 0 Å². The first-order valence-electron chi connectivity index (χ1n) is 8.91. The van der Waals surface area contributed by atoms with Gasteiger partial charge in [0.05, 0.1) is 11.4 Å². The SMILES string of the molecule is CCC(=O)N1CCC[C@@H](C(=O)O[C@H](C)c2cnc3ccccc3c2)C1. The fraction of sp³-hybridized carbons (Fsp3) is 0.450. The summed E-state index contributed by atoms with van der Waals surface area (Å²) in [5.74, 6) is -0.362. The van der Waals surface area contributed by atoms with Crippen molar-refractivity contribution in [3.63, 3.8) is 0 Å². The first-order chi connectivity index (χ1) is 12.1. The summed E-state index contributed by atoms with van der Waals surface area (Å²) < 4.78 is 5.67. The molecule has 3 rings (SSSR count). The third-order valence-corrected chi connectivity index (χ3v) is 4.78. The molecule has 0 unspecified atom stereocenters. The van der Waals surface area contributed by atoms with Gasteiger partial charge in [0, 0.05) is 36.7 Å². The summed E-state index contributed by atoms with van der Waals surface area (Å²) in [4.78, 5) is 30.6. The molecule has 25 heavy (non-hydrogen) atoms. The van der Waals surface area contributed by atoms with Crippen LogP contribution in [0.4, 0.5) is 0 Å². The molecule has 0 saturated carbocycles. The van der Waals surface area contributed by atoms with Gasteiger partial charge in [-0.25, -0.2) is 0 Å². The minimum atomic E-state index is -0.359. The minimum Gasteiger partial charge on any atom is -0.457 e. The van der Waals surface area contributed by atoms with E-state index >= 15 is 0 Å². The number of para-hydroxylation sites is 1. The normalized spacial score (nSPS) is 18.8. The Balaban J connectivity index is 1.65. The fourth-order valence-electron chi connectivity index (χ4n) is 3.27. The van der Waals surface area contributed by atoms with Crippen molar-refractivity contribution in [1.82, 2.24) is 9.88 Å². The van der Waals surface area contributed by atoms with E-state index in [4.69, 9.17) is 4.74 Å². The molecule has 1 aromatic carbocycles. The summed E-state index contributed by atoms with van der Waals surface area (Å²) in [5, 5.41) is 1.03. The van der Waals surface area contributed by atoms with Crippen LogP contribution in [0, 0.1) is 5.92 Å². The number of carbonyl (C=O) groups excluding carboxylic acids is 2. The van der Waals surface area contributed by atoms with Crippen molar-refractivity contribution in [3.8, 4) is 0 Å². The Labute approximate surface area is 148 Å². The maximum absolute atomic E-state index is 12.5. The first-order valence-corrected chi connectivity index (χ1v) is 8.91. The van der Waals surface area contributed by atoms with Gasteiger partial charge in [0.2, 0.25) is 5.91 Å². The van der Waals surface area contributed by atoms with Crippen molar-refractivity contribution in [2.45, 2.75) is 39.2 Å². The largest absolute Gasteiger partial charge is 0.457 e. The highest BCUT2D eigenvalue weighted by molar-refractivity contribution is 5.80. The van der Waals surface area contributed by atoms with E-state index in [2.05, 4.69) is 4.98 Å². The summed E-state index contributed by atoms with van der Waals surface area (Å²) >= 11 is 0. The van der Waals surface area contributed by atoms with Crippen LogP contribution in [0.25, 0.3) is 10.9 Å². The summed E-state index contributed by atoms with van der Waals surface area (Å²) in [6.45, 7) is 4.91. The summed E-state index contributed by atoms with van der Waals surface area (Å²) in [6.07, 6.45) is 3.49. The zero-order valence-corrected chi connectivity index (χ0v) is 14.8. The predicted molar refractivity (Wildman–Crippen MR) is 95.8 cm³/mol. The van der Waals surface area contributed by atoms with Crippen molar-refractivity contribution in [2.75, 3.05) is 13.1 Å². The Kier molecular flexibility index (Phi) is 5.31.